The van der Waals surface area contributed by atoms with Gasteiger partial charge in [-0.15, -0.1) is 0 Å². The SMILES string of the molecule is C[C@H](O)C(CO)O[C@H](O[C@@H]1C(N)C[C@@H](N)[C@@H](O[C@@H]2O[C@H](CO)C(O)[C@@H]2O)C1O)[C@H](N)CO. The second kappa shape index (κ2) is 12.2. The molecule has 0 bridgehead atoms. The van der Waals surface area contributed by atoms with Crippen LogP contribution < -0.4 is 17.2 Å². The lowest BCUT2D eigenvalue weighted by Crippen LogP contribution is -2.65. The Hall–Kier alpha value is -0.560. The summed E-state index contributed by atoms with van der Waals surface area (Å²) in [4.78, 5) is 0. The lowest BCUT2D eigenvalue weighted by Gasteiger charge is -2.44. The van der Waals surface area contributed by atoms with E-state index in [9.17, 15) is 35.7 Å². The highest BCUT2D eigenvalue weighted by Gasteiger charge is 2.50. The first-order valence-electron chi connectivity index (χ1n) is 10.5. The van der Waals surface area contributed by atoms with Crippen molar-refractivity contribution in [2.75, 3.05) is 19.8 Å². The fourth-order valence-corrected chi connectivity index (χ4v) is 3.73. The quantitative estimate of drug-likeness (QED) is 0.126. The summed E-state index contributed by atoms with van der Waals surface area (Å²) in [5.74, 6) is 0. The molecule has 14 nitrogen and oxygen atoms in total. The highest BCUT2D eigenvalue weighted by Crippen LogP contribution is 2.30. The number of ether oxygens (including phenoxy) is 4. The standard InChI is InChI=1S/C18H37N3O11/c1-6(25)10(4-23)29-17(9(21)3-22)31-15-7(19)2-8(20)16(14(15)28)32-18-13(27)12(26)11(5-24)30-18/h6-18,22-28H,2-5,19-21H2,1H3/t6-,7?,8+,9+,10?,11+,12?,13-,14?,15+,16+,17+,18-/m0/s1. The predicted octanol–water partition coefficient (Wildman–Crippen LogP) is -5.98. The maximum absolute atomic E-state index is 10.9. The fourth-order valence-electron chi connectivity index (χ4n) is 3.73. The molecule has 1 aliphatic carbocycles. The van der Waals surface area contributed by atoms with Crippen LogP contribution in [0.3, 0.4) is 0 Å². The molecule has 1 aliphatic heterocycles. The topological polar surface area (TPSA) is 257 Å². The molecule has 13 atom stereocenters. The summed E-state index contributed by atoms with van der Waals surface area (Å²) in [6, 6.07) is -2.70. The monoisotopic (exact) mass is 471 g/mol. The van der Waals surface area contributed by atoms with Gasteiger partial charge in [0, 0.05) is 12.1 Å². The lowest BCUT2D eigenvalue weighted by atomic mass is 9.84. The van der Waals surface area contributed by atoms with Crippen molar-refractivity contribution in [1.82, 2.24) is 0 Å². The Bertz CT molecular complexity index is 562. The molecule has 1 heterocycles. The van der Waals surface area contributed by atoms with E-state index in [2.05, 4.69) is 0 Å². The molecule has 4 unspecified atom stereocenters. The van der Waals surface area contributed by atoms with Crippen LogP contribution in [0.25, 0.3) is 0 Å². The van der Waals surface area contributed by atoms with E-state index >= 15 is 0 Å². The summed E-state index contributed by atoms with van der Waals surface area (Å²) < 4.78 is 22.2. The van der Waals surface area contributed by atoms with Crippen LogP contribution in [-0.2, 0) is 18.9 Å². The van der Waals surface area contributed by atoms with Gasteiger partial charge in [0.1, 0.15) is 42.7 Å². The first-order chi connectivity index (χ1) is 15.0. The number of hydrogen-bond acceptors (Lipinski definition) is 14. The lowest BCUT2D eigenvalue weighted by molar-refractivity contribution is -0.275. The van der Waals surface area contributed by atoms with E-state index in [0.29, 0.717) is 0 Å². The van der Waals surface area contributed by atoms with Gasteiger partial charge < -0.3 is 71.9 Å². The Labute approximate surface area is 185 Å². The number of aliphatic hydroxyl groups is 7. The van der Waals surface area contributed by atoms with Crippen LogP contribution in [0.1, 0.15) is 13.3 Å². The van der Waals surface area contributed by atoms with Gasteiger partial charge in [-0.05, 0) is 13.3 Å². The Morgan fingerprint density at radius 2 is 1.59 bits per heavy atom. The van der Waals surface area contributed by atoms with Gasteiger partial charge in [-0.25, -0.2) is 0 Å². The summed E-state index contributed by atoms with van der Waals surface area (Å²) >= 11 is 0. The van der Waals surface area contributed by atoms with Crippen molar-refractivity contribution in [1.29, 1.82) is 0 Å². The third-order valence-corrected chi connectivity index (χ3v) is 5.73. The van der Waals surface area contributed by atoms with Crippen LogP contribution in [-0.4, -0.2) is 135 Å². The highest BCUT2D eigenvalue weighted by molar-refractivity contribution is 5.00. The minimum atomic E-state index is -1.49. The minimum Gasteiger partial charge on any atom is -0.395 e. The van der Waals surface area contributed by atoms with E-state index in [-0.39, 0.29) is 6.42 Å². The van der Waals surface area contributed by atoms with E-state index in [1.807, 2.05) is 0 Å². The average molecular weight is 472 g/mol. The molecule has 2 fully saturated rings. The van der Waals surface area contributed by atoms with E-state index in [4.69, 9.17) is 36.1 Å². The Morgan fingerprint density at radius 3 is 2.09 bits per heavy atom. The molecular weight excluding hydrogens is 434 g/mol. The Kier molecular flexibility index (Phi) is 10.6. The predicted molar refractivity (Wildman–Crippen MR) is 107 cm³/mol. The van der Waals surface area contributed by atoms with Crippen molar-refractivity contribution in [2.24, 2.45) is 17.2 Å². The van der Waals surface area contributed by atoms with Crippen LogP contribution in [0.4, 0.5) is 0 Å². The van der Waals surface area contributed by atoms with Gasteiger partial charge in [0.15, 0.2) is 12.6 Å². The van der Waals surface area contributed by atoms with Gasteiger partial charge in [0.05, 0.1) is 32.0 Å². The molecule has 2 aliphatic rings. The summed E-state index contributed by atoms with van der Waals surface area (Å²) in [6.45, 7) is -0.297. The minimum absolute atomic E-state index is 0.113. The van der Waals surface area contributed by atoms with Crippen molar-refractivity contribution in [3.8, 4) is 0 Å². The van der Waals surface area contributed by atoms with E-state index in [0.717, 1.165) is 0 Å². The highest BCUT2D eigenvalue weighted by atomic mass is 16.7. The molecule has 13 N–H and O–H groups in total. The molecule has 0 radical (unpaired) electrons. The first kappa shape index (κ1) is 27.7. The molecule has 1 saturated carbocycles. The third-order valence-electron chi connectivity index (χ3n) is 5.73. The van der Waals surface area contributed by atoms with E-state index < -0.39 is 99.4 Å². The van der Waals surface area contributed by atoms with Crippen molar-refractivity contribution < 1.29 is 54.7 Å². The smallest absolute Gasteiger partial charge is 0.187 e. The largest absolute Gasteiger partial charge is 0.395 e. The van der Waals surface area contributed by atoms with Gasteiger partial charge in [-0.1, -0.05) is 0 Å². The maximum Gasteiger partial charge on any atom is 0.187 e. The Balaban J connectivity index is 2.14. The number of nitrogens with two attached hydrogens (primary N) is 3. The molecule has 1 saturated heterocycles. The molecule has 0 amide bonds. The van der Waals surface area contributed by atoms with Crippen molar-refractivity contribution >= 4 is 0 Å². The third kappa shape index (κ3) is 6.31. The molecule has 2 rings (SSSR count). The fraction of sp³-hybridized carbons (Fsp3) is 1.00. The van der Waals surface area contributed by atoms with Gasteiger partial charge in [-0.3, -0.25) is 0 Å². The zero-order chi connectivity index (χ0) is 24.2. The van der Waals surface area contributed by atoms with Crippen molar-refractivity contribution in [3.05, 3.63) is 0 Å². The molecule has 0 aromatic rings. The summed E-state index contributed by atoms with van der Waals surface area (Å²) in [5, 5.41) is 68.7. The van der Waals surface area contributed by atoms with Gasteiger partial charge in [0.25, 0.3) is 0 Å². The van der Waals surface area contributed by atoms with Gasteiger partial charge in [-0.2, -0.15) is 0 Å². The van der Waals surface area contributed by atoms with E-state index in [1.165, 1.54) is 6.92 Å². The average Bonchev–Trinajstić information content (AvgIpc) is 3.02. The van der Waals surface area contributed by atoms with Crippen LogP contribution >= 0.6 is 0 Å². The van der Waals surface area contributed by atoms with Gasteiger partial charge >= 0.3 is 0 Å². The number of hydrogen-bond donors (Lipinski definition) is 10. The molecule has 14 heteroatoms. The normalized spacial score (nSPS) is 41.9. The molecular formula is C18H37N3O11. The van der Waals surface area contributed by atoms with Crippen LogP contribution in [0.2, 0.25) is 0 Å². The summed E-state index contributed by atoms with van der Waals surface area (Å²) in [5.41, 5.74) is 18.0. The summed E-state index contributed by atoms with van der Waals surface area (Å²) in [7, 11) is 0. The molecule has 0 spiro atoms. The zero-order valence-electron chi connectivity index (χ0n) is 17.8. The first-order valence-corrected chi connectivity index (χ1v) is 10.5. The molecule has 190 valence electrons. The second-order valence-electron chi connectivity index (χ2n) is 8.27. The Morgan fingerprint density at radius 1 is 0.969 bits per heavy atom. The maximum atomic E-state index is 10.9. The van der Waals surface area contributed by atoms with Crippen LogP contribution in [0, 0.1) is 0 Å². The second-order valence-corrected chi connectivity index (χ2v) is 8.27. The number of aliphatic hydroxyl groups excluding tert-OH is 7. The van der Waals surface area contributed by atoms with Crippen LogP contribution in [0.15, 0.2) is 0 Å². The molecule has 32 heavy (non-hydrogen) atoms. The zero-order valence-corrected chi connectivity index (χ0v) is 17.8. The van der Waals surface area contributed by atoms with Gasteiger partial charge in [0.2, 0.25) is 0 Å². The number of rotatable bonds is 11. The van der Waals surface area contributed by atoms with Crippen molar-refractivity contribution in [2.45, 2.75) is 92.9 Å². The molecule has 0 aromatic heterocycles. The van der Waals surface area contributed by atoms with Crippen LogP contribution in [0.5, 0.6) is 0 Å². The van der Waals surface area contributed by atoms with Crippen molar-refractivity contribution in [3.63, 3.8) is 0 Å². The summed E-state index contributed by atoms with van der Waals surface area (Å²) in [6.07, 6.45) is -12.5. The molecule has 0 aromatic carbocycles. The van der Waals surface area contributed by atoms with E-state index in [1.54, 1.807) is 0 Å².